The van der Waals surface area contributed by atoms with E-state index >= 15 is 0 Å². The summed E-state index contributed by atoms with van der Waals surface area (Å²) in [5, 5.41) is 7.58. The Hall–Kier alpha value is -2.75. The van der Waals surface area contributed by atoms with E-state index in [0.717, 1.165) is 23.4 Å². The molecule has 2 fully saturated rings. The second kappa shape index (κ2) is 9.85. The average molecular weight is 481 g/mol. The van der Waals surface area contributed by atoms with E-state index in [1.807, 2.05) is 4.90 Å². The standard InChI is InChI=1S/C24H31F3N4O3/c1-15(2)20-12-21(29-28-20)19-11-18(13-31(14-19)23(32)30-6-8-33-9-7-30)17-4-5-22(16(3)10-17)34-24(25,26)27/h4-5,10,12,15,18-19H,6-9,11,13-14H2,1-3H3,(H,28,29). The fourth-order valence-corrected chi connectivity index (χ4v) is 4.70. The van der Waals surface area contributed by atoms with Crippen LogP contribution in [0.25, 0.3) is 0 Å². The van der Waals surface area contributed by atoms with Crippen LogP contribution in [0.4, 0.5) is 18.0 Å². The van der Waals surface area contributed by atoms with Crippen molar-refractivity contribution in [2.24, 2.45) is 0 Å². The average Bonchev–Trinajstić information content (AvgIpc) is 3.30. The number of likely N-dealkylation sites (tertiary alicyclic amines) is 1. The Morgan fingerprint density at radius 3 is 2.47 bits per heavy atom. The Bertz CT molecular complexity index is 1000. The van der Waals surface area contributed by atoms with Gasteiger partial charge in [0.2, 0.25) is 0 Å². The molecule has 2 aromatic rings. The van der Waals surface area contributed by atoms with Crippen LogP contribution in [0.15, 0.2) is 24.3 Å². The Morgan fingerprint density at radius 2 is 1.85 bits per heavy atom. The Kier molecular flexibility index (Phi) is 7.06. The number of ether oxygens (including phenoxy) is 2. The molecule has 1 aromatic carbocycles. The fourth-order valence-electron chi connectivity index (χ4n) is 4.70. The minimum Gasteiger partial charge on any atom is -0.406 e. The highest BCUT2D eigenvalue weighted by atomic mass is 19.4. The molecule has 2 amide bonds. The second-order valence-corrected chi connectivity index (χ2v) is 9.39. The normalized spacial score (nSPS) is 21.7. The lowest BCUT2D eigenvalue weighted by atomic mass is 9.82. The number of morpholine rings is 1. The van der Waals surface area contributed by atoms with Crippen LogP contribution in [-0.2, 0) is 4.74 Å². The van der Waals surface area contributed by atoms with Gasteiger partial charge in [-0.3, -0.25) is 5.10 Å². The number of hydrogen-bond donors (Lipinski definition) is 1. The summed E-state index contributed by atoms with van der Waals surface area (Å²) < 4.78 is 47.6. The minimum absolute atomic E-state index is 0.0321. The molecule has 0 spiro atoms. The van der Waals surface area contributed by atoms with Crippen LogP contribution in [0.1, 0.15) is 60.5 Å². The van der Waals surface area contributed by atoms with E-state index in [4.69, 9.17) is 4.74 Å². The molecule has 3 heterocycles. The molecule has 2 atom stereocenters. The molecule has 2 aliphatic rings. The number of amides is 2. The molecule has 10 heteroatoms. The van der Waals surface area contributed by atoms with E-state index < -0.39 is 6.36 Å². The van der Waals surface area contributed by atoms with Crippen molar-refractivity contribution < 1.29 is 27.4 Å². The van der Waals surface area contributed by atoms with Gasteiger partial charge in [0, 0.05) is 43.7 Å². The number of benzene rings is 1. The lowest BCUT2D eigenvalue weighted by Crippen LogP contribution is -2.52. The number of urea groups is 1. The van der Waals surface area contributed by atoms with E-state index in [2.05, 4.69) is 34.8 Å². The first-order valence-corrected chi connectivity index (χ1v) is 11.6. The highest BCUT2D eigenvalue weighted by molar-refractivity contribution is 5.75. The van der Waals surface area contributed by atoms with Gasteiger partial charge in [0.25, 0.3) is 0 Å². The van der Waals surface area contributed by atoms with Crippen molar-refractivity contribution in [1.82, 2.24) is 20.0 Å². The molecule has 0 radical (unpaired) electrons. The number of aryl methyl sites for hydroxylation is 1. The summed E-state index contributed by atoms with van der Waals surface area (Å²) in [6.07, 6.45) is -3.98. The SMILES string of the molecule is Cc1cc(C2CC(c3cc(C(C)C)n[nH]3)CN(C(=O)N3CCOCC3)C2)ccc1OC(F)(F)F. The van der Waals surface area contributed by atoms with E-state index in [0.29, 0.717) is 45.0 Å². The molecular formula is C24H31F3N4O3. The molecular weight excluding hydrogens is 449 g/mol. The van der Waals surface area contributed by atoms with Crippen LogP contribution in [0.2, 0.25) is 0 Å². The van der Waals surface area contributed by atoms with Gasteiger partial charge in [0.1, 0.15) is 5.75 Å². The highest BCUT2D eigenvalue weighted by Crippen LogP contribution is 2.38. The molecule has 1 aromatic heterocycles. The van der Waals surface area contributed by atoms with Crippen molar-refractivity contribution in [3.8, 4) is 5.75 Å². The molecule has 186 valence electrons. The molecule has 2 unspecified atom stereocenters. The van der Waals surface area contributed by atoms with Gasteiger partial charge in [-0.1, -0.05) is 26.0 Å². The zero-order chi connectivity index (χ0) is 24.5. The van der Waals surface area contributed by atoms with Crippen LogP contribution < -0.4 is 4.74 Å². The van der Waals surface area contributed by atoms with Gasteiger partial charge in [0.05, 0.1) is 18.9 Å². The van der Waals surface area contributed by atoms with Gasteiger partial charge in [-0.25, -0.2) is 4.79 Å². The van der Waals surface area contributed by atoms with Gasteiger partial charge in [-0.05, 0) is 42.5 Å². The van der Waals surface area contributed by atoms with E-state index in [9.17, 15) is 18.0 Å². The molecule has 0 aliphatic carbocycles. The molecule has 1 N–H and O–H groups in total. The number of piperidine rings is 1. The third-order valence-electron chi connectivity index (χ3n) is 6.55. The van der Waals surface area contributed by atoms with Gasteiger partial charge in [-0.2, -0.15) is 5.10 Å². The van der Waals surface area contributed by atoms with Gasteiger partial charge in [-0.15, -0.1) is 13.2 Å². The van der Waals surface area contributed by atoms with Crippen LogP contribution in [0.3, 0.4) is 0 Å². The second-order valence-electron chi connectivity index (χ2n) is 9.39. The predicted octanol–water partition coefficient (Wildman–Crippen LogP) is 4.77. The number of hydrogen-bond acceptors (Lipinski definition) is 4. The summed E-state index contributed by atoms with van der Waals surface area (Å²) >= 11 is 0. The number of aromatic amines is 1. The van der Waals surface area contributed by atoms with E-state index in [-0.39, 0.29) is 29.5 Å². The van der Waals surface area contributed by atoms with Crippen molar-refractivity contribution in [3.05, 3.63) is 46.8 Å². The Labute approximate surface area is 197 Å². The minimum atomic E-state index is -4.74. The molecule has 2 saturated heterocycles. The van der Waals surface area contributed by atoms with E-state index in [1.165, 1.54) is 6.07 Å². The van der Waals surface area contributed by atoms with Crippen molar-refractivity contribution in [1.29, 1.82) is 0 Å². The summed E-state index contributed by atoms with van der Waals surface area (Å²) in [4.78, 5) is 17.0. The smallest absolute Gasteiger partial charge is 0.406 e. The first-order chi connectivity index (χ1) is 16.1. The van der Waals surface area contributed by atoms with Gasteiger partial charge < -0.3 is 19.3 Å². The third kappa shape index (κ3) is 5.65. The molecule has 34 heavy (non-hydrogen) atoms. The molecule has 0 saturated carbocycles. The number of halogens is 3. The monoisotopic (exact) mass is 480 g/mol. The molecule has 4 rings (SSSR count). The summed E-state index contributed by atoms with van der Waals surface area (Å²) in [5.41, 5.74) is 3.24. The number of carbonyl (C=O) groups is 1. The Balaban J connectivity index is 1.60. The number of aromatic nitrogens is 2. The fraction of sp³-hybridized carbons (Fsp3) is 0.583. The van der Waals surface area contributed by atoms with Gasteiger partial charge >= 0.3 is 12.4 Å². The van der Waals surface area contributed by atoms with E-state index in [1.54, 1.807) is 24.0 Å². The molecule has 7 nitrogen and oxygen atoms in total. The molecule has 2 aliphatic heterocycles. The Morgan fingerprint density at radius 1 is 1.15 bits per heavy atom. The summed E-state index contributed by atoms with van der Waals surface area (Å²) in [7, 11) is 0. The zero-order valence-electron chi connectivity index (χ0n) is 19.7. The third-order valence-corrected chi connectivity index (χ3v) is 6.55. The first-order valence-electron chi connectivity index (χ1n) is 11.6. The number of alkyl halides is 3. The lowest BCUT2D eigenvalue weighted by molar-refractivity contribution is -0.274. The number of nitrogens with one attached hydrogen (secondary N) is 1. The summed E-state index contributed by atoms with van der Waals surface area (Å²) in [6, 6.07) is 6.79. The quantitative estimate of drug-likeness (QED) is 0.685. The van der Waals surface area contributed by atoms with Crippen molar-refractivity contribution in [3.63, 3.8) is 0 Å². The summed E-state index contributed by atoms with van der Waals surface area (Å²) in [5.74, 6) is 0.0719. The van der Waals surface area contributed by atoms with Crippen molar-refractivity contribution in [2.45, 2.75) is 51.3 Å². The summed E-state index contributed by atoms with van der Waals surface area (Å²) in [6.45, 7) is 8.94. The highest BCUT2D eigenvalue weighted by Gasteiger charge is 2.36. The maximum atomic E-state index is 13.3. The van der Waals surface area contributed by atoms with Crippen LogP contribution >= 0.6 is 0 Å². The topological polar surface area (TPSA) is 70.7 Å². The zero-order valence-corrected chi connectivity index (χ0v) is 19.7. The van der Waals surface area contributed by atoms with Crippen molar-refractivity contribution in [2.75, 3.05) is 39.4 Å². The number of carbonyl (C=O) groups excluding carboxylic acids is 1. The van der Waals surface area contributed by atoms with Gasteiger partial charge in [0.15, 0.2) is 0 Å². The van der Waals surface area contributed by atoms with Crippen LogP contribution in [-0.4, -0.2) is 71.8 Å². The first kappa shape index (κ1) is 24.4. The number of nitrogens with zero attached hydrogens (tertiary/aromatic N) is 3. The predicted molar refractivity (Wildman–Crippen MR) is 120 cm³/mol. The van der Waals surface area contributed by atoms with Crippen LogP contribution in [0.5, 0.6) is 5.75 Å². The maximum absolute atomic E-state index is 13.3. The number of rotatable bonds is 4. The van der Waals surface area contributed by atoms with Crippen LogP contribution in [0, 0.1) is 6.92 Å². The largest absolute Gasteiger partial charge is 0.573 e. The number of H-pyrrole nitrogens is 1. The molecule has 0 bridgehead atoms. The van der Waals surface area contributed by atoms with Crippen molar-refractivity contribution >= 4 is 6.03 Å². The lowest BCUT2D eigenvalue weighted by Gasteiger charge is -2.41. The maximum Gasteiger partial charge on any atom is 0.573 e.